The number of likely N-dealkylation sites (N-methyl/N-ethyl adjacent to an activating group) is 1. The Balaban J connectivity index is 1.91. The lowest BCUT2D eigenvalue weighted by molar-refractivity contribution is -0.139. The smallest absolute Gasteiger partial charge is 0.228 e. The van der Waals surface area contributed by atoms with Crippen molar-refractivity contribution in [3.63, 3.8) is 0 Å². The van der Waals surface area contributed by atoms with Crippen molar-refractivity contribution in [1.29, 1.82) is 0 Å². The third-order valence-electron chi connectivity index (χ3n) is 5.20. The summed E-state index contributed by atoms with van der Waals surface area (Å²) >= 11 is 0. The van der Waals surface area contributed by atoms with Gasteiger partial charge in [0.15, 0.2) is 0 Å². The minimum absolute atomic E-state index is 0.0175. The molecule has 0 radical (unpaired) electrons. The topological polar surface area (TPSA) is 99.0 Å². The zero-order valence-corrected chi connectivity index (χ0v) is 16.1. The Morgan fingerprint density at radius 2 is 2.08 bits per heavy atom. The van der Waals surface area contributed by atoms with Crippen LogP contribution in [0.25, 0.3) is 0 Å². The number of nitrogens with one attached hydrogen (secondary N) is 1. The Bertz CT molecular complexity index is 511. The summed E-state index contributed by atoms with van der Waals surface area (Å²) in [5.41, 5.74) is 5.40. The predicted octanol–water partition coefficient (Wildman–Crippen LogP) is -0.757. The van der Waals surface area contributed by atoms with Gasteiger partial charge in [-0.2, -0.15) is 0 Å². The molecule has 2 aliphatic rings. The van der Waals surface area contributed by atoms with Gasteiger partial charge in [-0.15, -0.1) is 0 Å². The SMILES string of the molecule is CN(C)CCN1CC(C(=O)N2CCCCC2CNC(=O)CCN)CC1=O. The van der Waals surface area contributed by atoms with Crippen LogP contribution in [0.5, 0.6) is 0 Å². The van der Waals surface area contributed by atoms with E-state index in [-0.39, 0.29) is 29.7 Å². The van der Waals surface area contributed by atoms with E-state index in [1.54, 1.807) is 4.90 Å². The summed E-state index contributed by atoms with van der Waals surface area (Å²) in [7, 11) is 3.95. The highest BCUT2D eigenvalue weighted by molar-refractivity contribution is 5.89. The van der Waals surface area contributed by atoms with Crippen molar-refractivity contribution in [2.75, 3.05) is 53.4 Å². The van der Waals surface area contributed by atoms with E-state index in [1.807, 2.05) is 23.9 Å². The average molecular weight is 367 g/mol. The van der Waals surface area contributed by atoms with Crippen molar-refractivity contribution in [1.82, 2.24) is 20.0 Å². The number of likely N-dealkylation sites (tertiary alicyclic amines) is 2. The maximum Gasteiger partial charge on any atom is 0.228 e. The van der Waals surface area contributed by atoms with Crippen molar-refractivity contribution in [2.45, 2.75) is 38.1 Å². The number of amides is 3. The molecule has 0 aromatic heterocycles. The fourth-order valence-corrected chi connectivity index (χ4v) is 3.66. The van der Waals surface area contributed by atoms with Gasteiger partial charge >= 0.3 is 0 Å². The van der Waals surface area contributed by atoms with Gasteiger partial charge in [0.2, 0.25) is 17.7 Å². The molecule has 2 aliphatic heterocycles. The molecule has 8 heteroatoms. The van der Waals surface area contributed by atoms with Crippen LogP contribution < -0.4 is 11.1 Å². The van der Waals surface area contributed by atoms with Gasteiger partial charge in [0, 0.05) is 58.2 Å². The number of carbonyl (C=O) groups excluding carboxylic acids is 3. The van der Waals surface area contributed by atoms with E-state index in [9.17, 15) is 14.4 Å². The molecule has 3 amide bonds. The maximum absolute atomic E-state index is 13.0. The number of nitrogens with two attached hydrogens (primary N) is 1. The molecule has 2 heterocycles. The molecule has 148 valence electrons. The van der Waals surface area contributed by atoms with Gasteiger partial charge < -0.3 is 25.8 Å². The van der Waals surface area contributed by atoms with Gasteiger partial charge in [-0.05, 0) is 33.4 Å². The molecule has 2 rings (SSSR count). The molecule has 2 fully saturated rings. The molecule has 2 unspecified atom stereocenters. The minimum Gasteiger partial charge on any atom is -0.354 e. The molecule has 8 nitrogen and oxygen atoms in total. The first-order valence-electron chi connectivity index (χ1n) is 9.62. The van der Waals surface area contributed by atoms with Crippen LogP contribution in [0, 0.1) is 5.92 Å². The number of carbonyl (C=O) groups is 3. The zero-order chi connectivity index (χ0) is 19.1. The Kier molecular flexibility index (Phi) is 7.84. The second kappa shape index (κ2) is 9.87. The van der Waals surface area contributed by atoms with Crippen LogP contribution in [-0.4, -0.2) is 91.8 Å². The first kappa shape index (κ1) is 20.6. The predicted molar refractivity (Wildman–Crippen MR) is 99.3 cm³/mol. The van der Waals surface area contributed by atoms with E-state index in [2.05, 4.69) is 5.32 Å². The molecule has 0 aromatic rings. The van der Waals surface area contributed by atoms with Crippen LogP contribution in [0.3, 0.4) is 0 Å². The Morgan fingerprint density at radius 3 is 2.77 bits per heavy atom. The van der Waals surface area contributed by atoms with E-state index >= 15 is 0 Å². The van der Waals surface area contributed by atoms with E-state index < -0.39 is 0 Å². The Labute approximate surface area is 156 Å². The van der Waals surface area contributed by atoms with E-state index in [0.29, 0.717) is 45.6 Å². The highest BCUT2D eigenvalue weighted by Gasteiger charge is 2.38. The van der Waals surface area contributed by atoms with Gasteiger partial charge in [-0.3, -0.25) is 14.4 Å². The van der Waals surface area contributed by atoms with E-state index in [1.165, 1.54) is 0 Å². The van der Waals surface area contributed by atoms with Crippen molar-refractivity contribution in [2.24, 2.45) is 11.7 Å². The largest absolute Gasteiger partial charge is 0.354 e. The first-order valence-corrected chi connectivity index (χ1v) is 9.62. The fraction of sp³-hybridized carbons (Fsp3) is 0.833. The molecule has 0 saturated carbocycles. The first-order chi connectivity index (χ1) is 12.4. The van der Waals surface area contributed by atoms with Gasteiger partial charge in [0.25, 0.3) is 0 Å². The maximum atomic E-state index is 13.0. The summed E-state index contributed by atoms with van der Waals surface area (Å²) in [5.74, 6) is -0.208. The minimum atomic E-state index is -0.259. The molecule has 26 heavy (non-hydrogen) atoms. The molecule has 0 aromatic carbocycles. The Morgan fingerprint density at radius 1 is 1.31 bits per heavy atom. The van der Waals surface area contributed by atoms with Gasteiger partial charge in [-0.1, -0.05) is 0 Å². The lowest BCUT2D eigenvalue weighted by Gasteiger charge is -2.37. The van der Waals surface area contributed by atoms with Crippen molar-refractivity contribution < 1.29 is 14.4 Å². The van der Waals surface area contributed by atoms with Crippen LogP contribution in [0.15, 0.2) is 0 Å². The van der Waals surface area contributed by atoms with Gasteiger partial charge in [0.05, 0.1) is 5.92 Å². The number of hydrogen-bond donors (Lipinski definition) is 2. The molecular formula is C18H33N5O3. The normalized spacial score (nSPS) is 23.6. The second-order valence-electron chi connectivity index (χ2n) is 7.57. The van der Waals surface area contributed by atoms with E-state index in [0.717, 1.165) is 25.8 Å². The van der Waals surface area contributed by atoms with Crippen LogP contribution in [0.4, 0.5) is 0 Å². The molecule has 0 aliphatic carbocycles. The summed E-state index contributed by atoms with van der Waals surface area (Å²) in [6.07, 6.45) is 3.52. The summed E-state index contributed by atoms with van der Waals surface area (Å²) in [5, 5.41) is 2.88. The van der Waals surface area contributed by atoms with Crippen LogP contribution in [0.1, 0.15) is 32.1 Å². The van der Waals surface area contributed by atoms with Crippen molar-refractivity contribution in [3.05, 3.63) is 0 Å². The highest BCUT2D eigenvalue weighted by Crippen LogP contribution is 2.24. The summed E-state index contributed by atoms with van der Waals surface area (Å²) in [6.45, 7) is 3.47. The summed E-state index contributed by atoms with van der Waals surface area (Å²) < 4.78 is 0. The number of rotatable bonds is 8. The molecule has 2 atom stereocenters. The second-order valence-corrected chi connectivity index (χ2v) is 7.57. The molecule has 2 saturated heterocycles. The van der Waals surface area contributed by atoms with Crippen LogP contribution in [0.2, 0.25) is 0 Å². The van der Waals surface area contributed by atoms with Crippen LogP contribution >= 0.6 is 0 Å². The molecule has 0 spiro atoms. The number of nitrogens with zero attached hydrogens (tertiary/aromatic N) is 3. The monoisotopic (exact) mass is 367 g/mol. The fourth-order valence-electron chi connectivity index (χ4n) is 3.66. The van der Waals surface area contributed by atoms with Crippen molar-refractivity contribution >= 4 is 17.7 Å². The average Bonchev–Trinajstić information content (AvgIpc) is 2.99. The van der Waals surface area contributed by atoms with Gasteiger partial charge in [0.1, 0.15) is 0 Å². The van der Waals surface area contributed by atoms with E-state index in [4.69, 9.17) is 5.73 Å². The lowest BCUT2D eigenvalue weighted by atomic mass is 9.98. The zero-order valence-electron chi connectivity index (χ0n) is 16.1. The number of hydrogen-bond acceptors (Lipinski definition) is 5. The Hall–Kier alpha value is -1.67. The molecule has 3 N–H and O–H groups in total. The third-order valence-corrected chi connectivity index (χ3v) is 5.20. The highest BCUT2D eigenvalue weighted by atomic mass is 16.2. The van der Waals surface area contributed by atoms with Crippen LogP contribution in [-0.2, 0) is 14.4 Å². The quantitative estimate of drug-likeness (QED) is 0.588. The molecular weight excluding hydrogens is 334 g/mol. The van der Waals surface area contributed by atoms with Crippen molar-refractivity contribution in [3.8, 4) is 0 Å². The standard InChI is InChI=1S/C18H33N5O3/c1-21(2)9-10-22-13-14(11-17(22)25)18(26)23-8-4-3-5-15(23)12-20-16(24)6-7-19/h14-15H,3-13,19H2,1-2H3,(H,20,24). The summed E-state index contributed by atoms with van der Waals surface area (Å²) in [4.78, 5) is 42.6. The summed E-state index contributed by atoms with van der Waals surface area (Å²) in [6, 6.07) is 0.0175. The lowest BCUT2D eigenvalue weighted by Crippen LogP contribution is -2.51. The number of piperidine rings is 1. The van der Waals surface area contributed by atoms with Gasteiger partial charge in [-0.25, -0.2) is 0 Å². The third kappa shape index (κ3) is 5.67. The molecule has 0 bridgehead atoms.